The van der Waals surface area contributed by atoms with Gasteiger partial charge < -0.3 is 11.5 Å². The Kier molecular flexibility index (Phi) is 8.92. The van der Waals surface area contributed by atoms with E-state index in [2.05, 4.69) is 36.8 Å². The van der Waals surface area contributed by atoms with Crippen molar-refractivity contribution in [2.75, 3.05) is 0 Å². The van der Waals surface area contributed by atoms with Gasteiger partial charge in [-0.05, 0) is 48.0 Å². The first-order chi connectivity index (χ1) is 14.7. The van der Waals surface area contributed by atoms with Gasteiger partial charge in [-0.15, -0.1) is 10.2 Å². The van der Waals surface area contributed by atoms with Gasteiger partial charge >= 0.3 is 0 Å². The monoisotopic (exact) mass is 506 g/mol. The second-order valence-electron chi connectivity index (χ2n) is 5.83. The summed E-state index contributed by atoms with van der Waals surface area (Å²) in [6.07, 6.45) is 5.14. The number of nitrogens with one attached hydrogen (secondary N) is 2. The molecule has 2 aromatic rings. The summed E-state index contributed by atoms with van der Waals surface area (Å²) in [6, 6.07) is 11.1. The molecule has 0 aliphatic carbocycles. The number of nitrogens with zero attached hydrogens (tertiary/aromatic N) is 2. The maximum atomic E-state index is 13.6. The lowest BCUT2D eigenvalue weighted by atomic mass is 10.2. The average molecular weight is 508 g/mol. The van der Waals surface area contributed by atoms with Gasteiger partial charge in [-0.3, -0.25) is 20.2 Å². The Morgan fingerprint density at radius 2 is 1.48 bits per heavy atom. The molecule has 2 amide bonds. The zero-order chi connectivity index (χ0) is 22.8. The second kappa shape index (κ2) is 11.6. The van der Waals surface area contributed by atoms with Crippen LogP contribution in [0.2, 0.25) is 5.02 Å². The van der Waals surface area contributed by atoms with Crippen LogP contribution in [-0.4, -0.2) is 23.7 Å². The first kappa shape index (κ1) is 23.8. The molecule has 0 aliphatic rings. The molecule has 0 saturated carbocycles. The summed E-state index contributed by atoms with van der Waals surface area (Å²) in [6.45, 7) is 0. The van der Waals surface area contributed by atoms with Crippen LogP contribution < -0.4 is 22.1 Å². The van der Waals surface area contributed by atoms with Crippen LogP contribution in [0.4, 0.5) is 4.39 Å². The number of nitrogens with two attached hydrogens (primary N) is 2. The smallest absolute Gasteiger partial charge is 0.250 e. The van der Waals surface area contributed by atoms with Crippen LogP contribution in [-0.2, 0) is 9.59 Å². The van der Waals surface area contributed by atoms with E-state index < -0.39 is 17.6 Å². The van der Waals surface area contributed by atoms with Crippen molar-refractivity contribution < 1.29 is 14.0 Å². The first-order valence-electron chi connectivity index (χ1n) is 8.58. The standard InChI is InChI=1S/C20H17BrClFN6O2/c21-14-5-8-16(23)13(11-14)4-10-18(31)27-20(25)29-28-19(24)26-17(30)9-3-12-1-6-15(22)7-2-12/h1-11H,(H3,24,26,28,30)(H3,25,27,29,31). The predicted octanol–water partition coefficient (Wildman–Crippen LogP) is 2.75. The number of hydrogen-bond acceptors (Lipinski definition) is 4. The number of halogens is 3. The molecule has 8 nitrogen and oxygen atoms in total. The van der Waals surface area contributed by atoms with Gasteiger partial charge in [0, 0.05) is 27.2 Å². The SMILES string of the molecule is NC(=NN=C(N)NC(=O)C=Cc1cc(Br)ccc1F)NC(=O)C=Cc1ccc(Cl)cc1. The van der Waals surface area contributed by atoms with Crippen molar-refractivity contribution in [1.29, 1.82) is 0 Å². The van der Waals surface area contributed by atoms with E-state index in [9.17, 15) is 14.0 Å². The van der Waals surface area contributed by atoms with E-state index >= 15 is 0 Å². The number of guanidine groups is 2. The quantitative estimate of drug-likeness (QED) is 0.214. The fourth-order valence-corrected chi connectivity index (χ4v) is 2.55. The molecule has 0 atom stereocenters. The van der Waals surface area contributed by atoms with Crippen molar-refractivity contribution in [2.24, 2.45) is 21.7 Å². The summed E-state index contributed by atoms with van der Waals surface area (Å²) in [5, 5.41) is 12.0. The highest BCUT2D eigenvalue weighted by molar-refractivity contribution is 9.10. The number of rotatable bonds is 5. The summed E-state index contributed by atoms with van der Waals surface area (Å²) in [5.74, 6) is -2.42. The Labute approximate surface area is 190 Å². The van der Waals surface area contributed by atoms with E-state index in [1.54, 1.807) is 30.3 Å². The summed E-state index contributed by atoms with van der Waals surface area (Å²) in [4.78, 5) is 23.6. The van der Waals surface area contributed by atoms with Crippen LogP contribution >= 0.6 is 27.5 Å². The third kappa shape index (κ3) is 8.81. The van der Waals surface area contributed by atoms with Gasteiger partial charge in [0.15, 0.2) is 0 Å². The summed E-state index contributed by atoms with van der Waals surface area (Å²) >= 11 is 9.00. The molecule has 0 aliphatic heterocycles. The molecule has 11 heteroatoms. The second-order valence-corrected chi connectivity index (χ2v) is 7.19. The Balaban J connectivity index is 1.88. The molecule has 0 heterocycles. The van der Waals surface area contributed by atoms with Crippen molar-refractivity contribution in [3.8, 4) is 0 Å². The number of carbonyl (C=O) groups is 2. The van der Waals surface area contributed by atoms with Gasteiger partial charge in [0.1, 0.15) is 5.82 Å². The van der Waals surface area contributed by atoms with Crippen LogP contribution in [0, 0.1) is 5.82 Å². The van der Waals surface area contributed by atoms with Crippen molar-refractivity contribution in [3.05, 3.63) is 81.1 Å². The average Bonchev–Trinajstić information content (AvgIpc) is 2.72. The molecule has 160 valence electrons. The Morgan fingerprint density at radius 3 is 2.06 bits per heavy atom. The lowest BCUT2D eigenvalue weighted by Gasteiger charge is -2.01. The summed E-state index contributed by atoms with van der Waals surface area (Å²) in [5.41, 5.74) is 12.0. The highest BCUT2D eigenvalue weighted by atomic mass is 79.9. The lowest BCUT2D eigenvalue weighted by molar-refractivity contribution is -0.116. The highest BCUT2D eigenvalue weighted by Gasteiger charge is 2.03. The number of amides is 2. The normalized spacial score (nSPS) is 12.4. The molecule has 2 aromatic carbocycles. The number of hydrogen-bond donors (Lipinski definition) is 4. The minimum Gasteiger partial charge on any atom is -0.368 e. The molecular formula is C20H17BrClFN6O2. The van der Waals surface area contributed by atoms with Crippen molar-refractivity contribution in [1.82, 2.24) is 10.6 Å². The minimum atomic E-state index is -0.663. The molecule has 0 radical (unpaired) electrons. The molecule has 0 unspecified atom stereocenters. The van der Waals surface area contributed by atoms with Crippen molar-refractivity contribution >= 4 is 63.4 Å². The maximum Gasteiger partial charge on any atom is 0.250 e. The Bertz CT molecular complexity index is 1080. The van der Waals surface area contributed by atoms with E-state index in [1.165, 1.54) is 30.4 Å². The van der Waals surface area contributed by atoms with Crippen LogP contribution in [0.15, 0.2) is 69.3 Å². The zero-order valence-electron chi connectivity index (χ0n) is 15.9. The molecule has 0 spiro atoms. The predicted molar refractivity (Wildman–Crippen MR) is 123 cm³/mol. The van der Waals surface area contributed by atoms with E-state index in [0.717, 1.165) is 11.6 Å². The largest absolute Gasteiger partial charge is 0.368 e. The molecule has 0 aromatic heterocycles. The molecule has 0 fully saturated rings. The van der Waals surface area contributed by atoms with Crippen LogP contribution in [0.1, 0.15) is 11.1 Å². The molecule has 6 N–H and O–H groups in total. The van der Waals surface area contributed by atoms with Gasteiger partial charge in [0.05, 0.1) is 0 Å². The molecule has 31 heavy (non-hydrogen) atoms. The van der Waals surface area contributed by atoms with Gasteiger partial charge in [0.25, 0.3) is 11.8 Å². The highest BCUT2D eigenvalue weighted by Crippen LogP contribution is 2.16. The van der Waals surface area contributed by atoms with E-state index in [4.69, 9.17) is 23.1 Å². The Morgan fingerprint density at radius 1 is 0.935 bits per heavy atom. The first-order valence-corrected chi connectivity index (χ1v) is 9.75. The van der Waals surface area contributed by atoms with E-state index in [-0.39, 0.29) is 17.5 Å². The molecular weight excluding hydrogens is 491 g/mol. The summed E-state index contributed by atoms with van der Waals surface area (Å²) in [7, 11) is 0. The minimum absolute atomic E-state index is 0.205. The fourth-order valence-electron chi connectivity index (χ4n) is 2.05. The topological polar surface area (TPSA) is 135 Å². The van der Waals surface area contributed by atoms with Gasteiger partial charge in [-0.1, -0.05) is 39.7 Å². The number of carbonyl (C=O) groups excluding carboxylic acids is 2. The summed E-state index contributed by atoms with van der Waals surface area (Å²) < 4.78 is 14.3. The Hall–Kier alpha value is -3.50. The number of benzene rings is 2. The molecule has 2 rings (SSSR count). The van der Waals surface area contributed by atoms with Gasteiger partial charge in [0.2, 0.25) is 11.9 Å². The van der Waals surface area contributed by atoms with Crippen molar-refractivity contribution in [2.45, 2.75) is 0 Å². The fraction of sp³-hybridized carbons (Fsp3) is 0. The zero-order valence-corrected chi connectivity index (χ0v) is 18.2. The van der Waals surface area contributed by atoms with Crippen LogP contribution in [0.3, 0.4) is 0 Å². The third-order valence-electron chi connectivity index (χ3n) is 3.44. The van der Waals surface area contributed by atoms with Crippen LogP contribution in [0.25, 0.3) is 12.2 Å². The molecule has 0 bridgehead atoms. The maximum absolute atomic E-state index is 13.6. The third-order valence-corrected chi connectivity index (χ3v) is 4.18. The van der Waals surface area contributed by atoms with Crippen LogP contribution in [0.5, 0.6) is 0 Å². The van der Waals surface area contributed by atoms with Gasteiger partial charge in [-0.25, -0.2) is 4.39 Å². The van der Waals surface area contributed by atoms with E-state index in [1.807, 2.05) is 0 Å². The van der Waals surface area contributed by atoms with Gasteiger partial charge in [-0.2, -0.15) is 0 Å². The lowest BCUT2D eigenvalue weighted by Crippen LogP contribution is -2.37. The van der Waals surface area contributed by atoms with E-state index in [0.29, 0.717) is 9.50 Å². The molecule has 0 saturated heterocycles. The van der Waals surface area contributed by atoms with Crippen molar-refractivity contribution in [3.63, 3.8) is 0 Å².